The summed E-state index contributed by atoms with van der Waals surface area (Å²) in [5.74, 6) is 0.620. The number of aryl methyl sites for hydroxylation is 1. The van der Waals surface area contributed by atoms with Gasteiger partial charge in [-0.05, 0) is 49.1 Å². The fourth-order valence-electron chi connectivity index (χ4n) is 3.22. The van der Waals surface area contributed by atoms with Crippen molar-refractivity contribution in [3.05, 3.63) is 35.4 Å². The van der Waals surface area contributed by atoms with Crippen LogP contribution in [0.1, 0.15) is 49.7 Å². The summed E-state index contributed by atoms with van der Waals surface area (Å²) in [7, 11) is 1.77. The number of rotatable bonds is 5. The first-order valence-electron chi connectivity index (χ1n) is 7.12. The molecule has 1 aromatic carbocycles. The molecule has 1 aliphatic carbocycles. The van der Waals surface area contributed by atoms with Gasteiger partial charge in [0.05, 0.1) is 6.10 Å². The fraction of sp³-hybridized carbons (Fsp3) is 0.625. The van der Waals surface area contributed by atoms with Gasteiger partial charge in [-0.1, -0.05) is 31.2 Å². The van der Waals surface area contributed by atoms with Gasteiger partial charge in [0.15, 0.2) is 0 Å². The van der Waals surface area contributed by atoms with Gasteiger partial charge in [-0.3, -0.25) is 0 Å². The minimum Gasteiger partial charge on any atom is -0.380 e. The third kappa shape index (κ3) is 2.93. The van der Waals surface area contributed by atoms with Crippen molar-refractivity contribution >= 4 is 0 Å². The molecule has 0 saturated heterocycles. The molecule has 2 nitrogen and oxygen atoms in total. The van der Waals surface area contributed by atoms with Crippen LogP contribution in [0.3, 0.4) is 0 Å². The molecule has 0 spiro atoms. The highest BCUT2D eigenvalue weighted by Gasteiger charge is 2.25. The van der Waals surface area contributed by atoms with E-state index >= 15 is 0 Å². The van der Waals surface area contributed by atoms with Crippen molar-refractivity contribution in [1.29, 1.82) is 0 Å². The minimum absolute atomic E-state index is 0.149. The fourth-order valence-corrected chi connectivity index (χ4v) is 3.22. The summed E-state index contributed by atoms with van der Waals surface area (Å²) in [6.45, 7) is 2.14. The first-order valence-corrected chi connectivity index (χ1v) is 7.12. The van der Waals surface area contributed by atoms with Crippen molar-refractivity contribution < 1.29 is 4.74 Å². The number of methoxy groups -OCH3 is 1. The van der Waals surface area contributed by atoms with Gasteiger partial charge in [0.1, 0.15) is 0 Å². The van der Waals surface area contributed by atoms with Crippen molar-refractivity contribution in [3.63, 3.8) is 0 Å². The molecule has 2 N–H and O–H groups in total. The Morgan fingerprint density at radius 3 is 2.89 bits per heavy atom. The number of hydrogen-bond acceptors (Lipinski definition) is 2. The number of ether oxygens (including phenoxy) is 1. The van der Waals surface area contributed by atoms with Crippen LogP contribution in [-0.2, 0) is 11.2 Å². The van der Waals surface area contributed by atoms with Crippen LogP contribution in [0.15, 0.2) is 24.3 Å². The highest BCUT2D eigenvalue weighted by molar-refractivity contribution is 5.32. The summed E-state index contributed by atoms with van der Waals surface area (Å²) in [6.07, 6.45) is 6.01. The van der Waals surface area contributed by atoms with E-state index in [-0.39, 0.29) is 12.1 Å². The zero-order valence-electron chi connectivity index (χ0n) is 11.6. The van der Waals surface area contributed by atoms with Crippen molar-refractivity contribution in [2.24, 2.45) is 5.73 Å². The molecule has 0 aliphatic heterocycles. The first-order chi connectivity index (χ1) is 8.76. The molecular formula is C16H25NO. The molecule has 0 fully saturated rings. The Labute approximate surface area is 111 Å². The summed E-state index contributed by atoms with van der Waals surface area (Å²) in [6, 6.07) is 8.98. The Kier molecular flexibility index (Phi) is 4.79. The van der Waals surface area contributed by atoms with Crippen LogP contribution < -0.4 is 5.73 Å². The number of hydrogen-bond donors (Lipinski definition) is 1. The monoisotopic (exact) mass is 247 g/mol. The lowest BCUT2D eigenvalue weighted by Crippen LogP contribution is -2.37. The lowest BCUT2D eigenvalue weighted by Gasteiger charge is -2.30. The molecule has 1 aromatic rings. The molecule has 100 valence electrons. The minimum atomic E-state index is 0.149. The van der Waals surface area contributed by atoms with Gasteiger partial charge in [-0.25, -0.2) is 0 Å². The molecule has 0 bridgehead atoms. The molecular weight excluding hydrogens is 222 g/mol. The molecule has 1 aliphatic rings. The number of fused-ring (bicyclic) bond motifs is 1. The molecule has 3 atom stereocenters. The second-order valence-corrected chi connectivity index (χ2v) is 5.37. The molecule has 2 rings (SSSR count). The zero-order valence-corrected chi connectivity index (χ0v) is 11.6. The van der Waals surface area contributed by atoms with E-state index < -0.39 is 0 Å². The van der Waals surface area contributed by atoms with E-state index in [0.717, 1.165) is 12.8 Å². The normalized spacial score (nSPS) is 22.3. The first kappa shape index (κ1) is 13.6. The lowest BCUT2D eigenvalue weighted by molar-refractivity contribution is 0.0720. The van der Waals surface area contributed by atoms with Crippen LogP contribution in [0.5, 0.6) is 0 Å². The van der Waals surface area contributed by atoms with Gasteiger partial charge < -0.3 is 10.5 Å². The summed E-state index contributed by atoms with van der Waals surface area (Å²) in [4.78, 5) is 0. The van der Waals surface area contributed by atoms with Crippen molar-refractivity contribution in [2.45, 2.75) is 57.1 Å². The summed E-state index contributed by atoms with van der Waals surface area (Å²) in [5.41, 5.74) is 9.34. The van der Waals surface area contributed by atoms with E-state index in [9.17, 15) is 0 Å². The molecule has 0 aromatic heterocycles. The summed E-state index contributed by atoms with van der Waals surface area (Å²) < 4.78 is 5.47. The maximum atomic E-state index is 6.30. The van der Waals surface area contributed by atoms with E-state index in [2.05, 4.69) is 31.2 Å². The van der Waals surface area contributed by atoms with E-state index in [4.69, 9.17) is 10.5 Å². The molecule has 3 unspecified atom stereocenters. The lowest BCUT2D eigenvalue weighted by atomic mass is 9.79. The molecule has 2 heteroatoms. The Balaban J connectivity index is 2.07. The second-order valence-electron chi connectivity index (χ2n) is 5.37. The highest BCUT2D eigenvalue weighted by atomic mass is 16.5. The van der Waals surface area contributed by atoms with Crippen LogP contribution in [-0.4, -0.2) is 19.3 Å². The van der Waals surface area contributed by atoms with Gasteiger partial charge in [-0.15, -0.1) is 0 Å². The third-order valence-electron chi connectivity index (χ3n) is 4.23. The quantitative estimate of drug-likeness (QED) is 0.867. The SMILES string of the molecule is CCC(OC)C(N)CC1CCCc2ccccc21. The van der Waals surface area contributed by atoms with Crippen molar-refractivity contribution in [2.75, 3.05) is 7.11 Å². The smallest absolute Gasteiger partial charge is 0.0719 e. The molecule has 0 amide bonds. The Morgan fingerprint density at radius 2 is 2.17 bits per heavy atom. The van der Waals surface area contributed by atoms with E-state index in [0.29, 0.717) is 5.92 Å². The van der Waals surface area contributed by atoms with Crippen LogP contribution in [0.25, 0.3) is 0 Å². The van der Waals surface area contributed by atoms with Crippen LogP contribution in [0.4, 0.5) is 0 Å². The van der Waals surface area contributed by atoms with Gasteiger partial charge >= 0.3 is 0 Å². The number of nitrogens with two attached hydrogens (primary N) is 1. The maximum Gasteiger partial charge on any atom is 0.0719 e. The van der Waals surface area contributed by atoms with Gasteiger partial charge in [0.25, 0.3) is 0 Å². The molecule has 0 saturated carbocycles. The van der Waals surface area contributed by atoms with Crippen LogP contribution in [0.2, 0.25) is 0 Å². The van der Waals surface area contributed by atoms with E-state index in [1.807, 2.05) is 0 Å². The van der Waals surface area contributed by atoms with Gasteiger partial charge in [0.2, 0.25) is 0 Å². The predicted molar refractivity (Wildman–Crippen MR) is 75.8 cm³/mol. The maximum absolute atomic E-state index is 6.30. The molecule has 18 heavy (non-hydrogen) atoms. The Morgan fingerprint density at radius 1 is 1.39 bits per heavy atom. The Hall–Kier alpha value is -0.860. The van der Waals surface area contributed by atoms with Crippen LogP contribution in [0, 0.1) is 0 Å². The second kappa shape index (κ2) is 6.35. The topological polar surface area (TPSA) is 35.2 Å². The summed E-state index contributed by atoms with van der Waals surface area (Å²) >= 11 is 0. The molecule has 0 heterocycles. The van der Waals surface area contributed by atoms with Crippen LogP contribution >= 0.6 is 0 Å². The van der Waals surface area contributed by atoms with Gasteiger partial charge in [0, 0.05) is 13.2 Å². The largest absolute Gasteiger partial charge is 0.380 e. The van der Waals surface area contributed by atoms with E-state index in [1.165, 1.54) is 30.4 Å². The highest BCUT2D eigenvalue weighted by Crippen LogP contribution is 2.35. The third-order valence-corrected chi connectivity index (χ3v) is 4.23. The standard InChI is InChI=1S/C16H25NO/c1-3-16(18-2)15(17)11-13-9-6-8-12-7-4-5-10-14(12)13/h4-5,7,10,13,15-16H,3,6,8-9,11,17H2,1-2H3. The average Bonchev–Trinajstić information content (AvgIpc) is 2.40. The molecule has 0 radical (unpaired) electrons. The zero-order chi connectivity index (χ0) is 13.0. The summed E-state index contributed by atoms with van der Waals surface area (Å²) in [5, 5.41) is 0. The van der Waals surface area contributed by atoms with Crippen molar-refractivity contribution in [1.82, 2.24) is 0 Å². The predicted octanol–water partition coefficient (Wildman–Crippen LogP) is 3.25. The Bertz CT molecular complexity index is 373. The van der Waals surface area contributed by atoms with Crippen molar-refractivity contribution in [3.8, 4) is 0 Å². The van der Waals surface area contributed by atoms with Gasteiger partial charge in [-0.2, -0.15) is 0 Å². The average molecular weight is 247 g/mol. The van der Waals surface area contributed by atoms with E-state index in [1.54, 1.807) is 7.11 Å². The number of benzene rings is 1.